The first-order valence-corrected chi connectivity index (χ1v) is 10.4. The van der Waals surface area contributed by atoms with Crippen molar-refractivity contribution in [2.24, 2.45) is 0 Å². The number of benzene rings is 3. The Morgan fingerprint density at radius 1 is 1.16 bits per heavy atom. The van der Waals surface area contributed by atoms with Crippen LogP contribution in [-0.4, -0.2) is 13.0 Å². The molecule has 0 fully saturated rings. The van der Waals surface area contributed by atoms with E-state index >= 15 is 0 Å². The van der Waals surface area contributed by atoms with Gasteiger partial charge in [0.05, 0.1) is 7.11 Å². The molecule has 1 amide bonds. The molecule has 0 saturated heterocycles. The van der Waals surface area contributed by atoms with Crippen molar-refractivity contribution in [1.82, 2.24) is 0 Å². The molecule has 0 aliphatic heterocycles. The molecule has 1 N–H and O–H groups in total. The minimum Gasteiger partial charge on any atom is -0.496 e. The van der Waals surface area contributed by atoms with Crippen LogP contribution >= 0.6 is 23.2 Å². The molecule has 4 nitrogen and oxygen atoms in total. The van der Waals surface area contributed by atoms with Gasteiger partial charge in [-0.1, -0.05) is 41.4 Å². The predicted molar refractivity (Wildman–Crippen MR) is 126 cm³/mol. The molecule has 0 aliphatic carbocycles. The van der Waals surface area contributed by atoms with Crippen LogP contribution in [0.15, 0.2) is 60.2 Å². The normalized spacial score (nSPS) is 11.1. The number of hydrogen-bond donors (Lipinski definition) is 1. The summed E-state index contributed by atoms with van der Waals surface area (Å²) in [5.74, 6) is -0.445. The molecule has 0 bridgehead atoms. The number of nitriles is 1. The Labute approximate surface area is 195 Å². The minimum absolute atomic E-state index is 0.113. The van der Waals surface area contributed by atoms with E-state index in [-0.39, 0.29) is 11.4 Å². The Kier molecular flexibility index (Phi) is 7.53. The van der Waals surface area contributed by atoms with Gasteiger partial charge in [-0.25, -0.2) is 4.39 Å². The highest BCUT2D eigenvalue weighted by Gasteiger charge is 2.14. The van der Waals surface area contributed by atoms with E-state index in [1.807, 2.05) is 13.0 Å². The molecule has 0 saturated carbocycles. The van der Waals surface area contributed by atoms with Gasteiger partial charge in [0.15, 0.2) is 0 Å². The van der Waals surface area contributed by atoms with Crippen LogP contribution in [-0.2, 0) is 11.2 Å². The van der Waals surface area contributed by atoms with Crippen LogP contribution in [0, 0.1) is 24.1 Å². The van der Waals surface area contributed by atoms with E-state index in [1.54, 1.807) is 42.5 Å². The summed E-state index contributed by atoms with van der Waals surface area (Å²) in [6.45, 7) is 1.85. The monoisotopic (exact) mass is 468 g/mol. The lowest BCUT2D eigenvalue weighted by Crippen LogP contribution is -2.13. The molecule has 3 rings (SSSR count). The van der Waals surface area contributed by atoms with Crippen LogP contribution in [0.2, 0.25) is 10.0 Å². The van der Waals surface area contributed by atoms with Gasteiger partial charge in [-0.15, -0.1) is 0 Å². The van der Waals surface area contributed by atoms with Crippen molar-refractivity contribution >= 4 is 40.9 Å². The van der Waals surface area contributed by atoms with Crippen LogP contribution in [0.1, 0.15) is 22.3 Å². The van der Waals surface area contributed by atoms with E-state index in [4.69, 9.17) is 27.9 Å². The number of anilines is 1. The summed E-state index contributed by atoms with van der Waals surface area (Å²) in [7, 11) is 1.49. The molecule has 7 heteroatoms. The lowest BCUT2D eigenvalue weighted by atomic mass is 10.0. The van der Waals surface area contributed by atoms with E-state index in [0.717, 1.165) is 11.1 Å². The third-order valence-corrected chi connectivity index (χ3v) is 5.52. The first-order valence-electron chi connectivity index (χ1n) is 9.61. The number of aryl methyl sites for hydroxylation is 1. The van der Waals surface area contributed by atoms with Crippen molar-refractivity contribution in [3.8, 4) is 11.8 Å². The first-order chi connectivity index (χ1) is 15.3. The lowest BCUT2D eigenvalue weighted by molar-refractivity contribution is -0.112. The number of ether oxygens (including phenoxy) is 1. The van der Waals surface area contributed by atoms with Crippen LogP contribution < -0.4 is 10.1 Å². The maximum absolute atomic E-state index is 13.5. The molecule has 162 valence electrons. The second-order valence-electron chi connectivity index (χ2n) is 7.08. The quantitative estimate of drug-likeness (QED) is 0.328. The molecule has 0 heterocycles. The molecule has 0 radical (unpaired) electrons. The van der Waals surface area contributed by atoms with E-state index in [0.29, 0.717) is 39.0 Å². The van der Waals surface area contributed by atoms with Gasteiger partial charge in [0.25, 0.3) is 5.91 Å². The Bertz CT molecular complexity index is 1250. The summed E-state index contributed by atoms with van der Waals surface area (Å²) in [6, 6.07) is 16.5. The minimum atomic E-state index is -0.577. The van der Waals surface area contributed by atoms with Crippen molar-refractivity contribution < 1.29 is 13.9 Å². The summed E-state index contributed by atoms with van der Waals surface area (Å²) < 4.78 is 19.0. The van der Waals surface area contributed by atoms with Crippen LogP contribution in [0.25, 0.3) is 6.08 Å². The molecule has 0 unspecified atom stereocenters. The molecule has 0 aliphatic rings. The summed E-state index contributed by atoms with van der Waals surface area (Å²) in [4.78, 5) is 12.6. The fourth-order valence-electron chi connectivity index (χ4n) is 3.10. The zero-order chi connectivity index (χ0) is 23.3. The summed E-state index contributed by atoms with van der Waals surface area (Å²) in [5, 5.41) is 13.0. The van der Waals surface area contributed by atoms with E-state index < -0.39 is 5.91 Å². The first kappa shape index (κ1) is 23.3. The van der Waals surface area contributed by atoms with E-state index in [2.05, 4.69) is 5.32 Å². The largest absolute Gasteiger partial charge is 0.496 e. The predicted octanol–water partition coefficient (Wildman–Crippen LogP) is 6.59. The zero-order valence-electron chi connectivity index (χ0n) is 17.4. The van der Waals surface area contributed by atoms with Crippen molar-refractivity contribution in [3.05, 3.63) is 98.3 Å². The Morgan fingerprint density at radius 2 is 1.94 bits per heavy atom. The molecule has 3 aromatic rings. The summed E-state index contributed by atoms with van der Waals surface area (Å²) >= 11 is 12.6. The fraction of sp³-hybridized carbons (Fsp3) is 0.120. The van der Waals surface area contributed by atoms with E-state index in [1.165, 1.54) is 25.3 Å². The van der Waals surface area contributed by atoms with Gasteiger partial charge in [-0.3, -0.25) is 4.79 Å². The second-order valence-corrected chi connectivity index (χ2v) is 7.89. The van der Waals surface area contributed by atoms with Gasteiger partial charge in [-0.2, -0.15) is 5.26 Å². The van der Waals surface area contributed by atoms with Crippen LogP contribution in [0.5, 0.6) is 5.75 Å². The number of amides is 1. The average molecular weight is 469 g/mol. The van der Waals surface area contributed by atoms with Crippen LogP contribution in [0.4, 0.5) is 10.1 Å². The van der Waals surface area contributed by atoms with Gasteiger partial charge in [0.1, 0.15) is 23.2 Å². The number of halogens is 3. The van der Waals surface area contributed by atoms with Crippen molar-refractivity contribution in [3.63, 3.8) is 0 Å². The molecular formula is C25H19Cl2FN2O2. The number of carbonyl (C=O) groups excluding carboxylic acids is 1. The van der Waals surface area contributed by atoms with Gasteiger partial charge >= 0.3 is 0 Å². The maximum atomic E-state index is 13.5. The lowest BCUT2D eigenvalue weighted by Gasteiger charge is -2.13. The smallest absolute Gasteiger partial charge is 0.266 e. The summed E-state index contributed by atoms with van der Waals surface area (Å²) in [6.07, 6.45) is 1.79. The highest BCUT2D eigenvalue weighted by molar-refractivity contribution is 6.32. The van der Waals surface area contributed by atoms with Crippen molar-refractivity contribution in [1.29, 1.82) is 5.26 Å². The Morgan fingerprint density at radius 3 is 2.59 bits per heavy atom. The standard InChI is InChI=1S/C25H19Cl2FN2O2/c1-15-6-7-20(13-22(15)26)30-25(31)18(14-29)8-17-11-23(27)21(24(12-17)32-2)10-16-4-3-5-19(28)9-16/h3-9,11-13H,10H2,1-2H3,(H,30,31)/b18-8+. The van der Waals surface area contributed by atoms with Crippen molar-refractivity contribution in [2.45, 2.75) is 13.3 Å². The topological polar surface area (TPSA) is 62.1 Å². The van der Waals surface area contributed by atoms with Crippen molar-refractivity contribution in [2.75, 3.05) is 12.4 Å². The second kappa shape index (κ2) is 10.3. The molecule has 0 aromatic heterocycles. The molecule has 3 aromatic carbocycles. The number of hydrogen-bond acceptors (Lipinski definition) is 3. The number of nitrogens with one attached hydrogen (secondary N) is 1. The van der Waals surface area contributed by atoms with E-state index in [9.17, 15) is 14.4 Å². The highest BCUT2D eigenvalue weighted by Crippen LogP contribution is 2.32. The van der Waals surface area contributed by atoms with Gasteiger partial charge in [0, 0.05) is 27.7 Å². The molecule has 32 heavy (non-hydrogen) atoms. The maximum Gasteiger partial charge on any atom is 0.266 e. The summed E-state index contributed by atoms with van der Waals surface area (Å²) in [5.41, 5.74) is 3.17. The number of rotatable bonds is 6. The Balaban J connectivity index is 1.88. The van der Waals surface area contributed by atoms with Gasteiger partial charge < -0.3 is 10.1 Å². The molecule has 0 spiro atoms. The zero-order valence-corrected chi connectivity index (χ0v) is 18.9. The molecular weight excluding hydrogens is 450 g/mol. The number of methoxy groups -OCH3 is 1. The average Bonchev–Trinajstić information content (AvgIpc) is 2.76. The third kappa shape index (κ3) is 5.67. The SMILES string of the molecule is COc1cc(/C=C(\C#N)C(=O)Nc2ccc(C)c(Cl)c2)cc(Cl)c1Cc1cccc(F)c1. The number of nitrogens with zero attached hydrogens (tertiary/aromatic N) is 1. The third-order valence-electron chi connectivity index (χ3n) is 4.77. The Hall–Kier alpha value is -3.33. The molecule has 0 atom stereocenters. The van der Waals surface area contributed by atoms with Gasteiger partial charge in [0.2, 0.25) is 0 Å². The van der Waals surface area contributed by atoms with Crippen LogP contribution in [0.3, 0.4) is 0 Å². The number of carbonyl (C=O) groups is 1. The fourth-order valence-corrected chi connectivity index (χ4v) is 3.57. The highest BCUT2D eigenvalue weighted by atomic mass is 35.5. The van der Waals surface area contributed by atoms with Gasteiger partial charge in [-0.05, 0) is 66.1 Å².